The zero-order valence-electron chi connectivity index (χ0n) is 9.68. The molecule has 0 radical (unpaired) electrons. The number of carboxylic acids is 2. The number of nitrogens with zero attached hydrogens (tertiary/aromatic N) is 1. The van der Waals surface area contributed by atoms with E-state index in [4.69, 9.17) is 10.2 Å². The zero-order chi connectivity index (χ0) is 14.5. The van der Waals surface area contributed by atoms with Gasteiger partial charge in [-0.05, 0) is 18.6 Å². The van der Waals surface area contributed by atoms with E-state index in [2.05, 4.69) is 4.98 Å². The van der Waals surface area contributed by atoms with Crippen molar-refractivity contribution < 1.29 is 28.2 Å². The van der Waals surface area contributed by atoms with Gasteiger partial charge < -0.3 is 10.2 Å². The third kappa shape index (κ3) is 4.64. The fraction of sp³-hybridized carbons (Fsp3) is 0.300. The molecule has 0 fully saturated rings. The monoisotopic (exact) mass is 288 g/mol. The van der Waals surface area contributed by atoms with Gasteiger partial charge in [0.05, 0.1) is 0 Å². The third-order valence-corrected chi connectivity index (χ3v) is 3.64. The first kappa shape index (κ1) is 15.1. The summed E-state index contributed by atoms with van der Waals surface area (Å²) in [4.78, 5) is 24.7. The van der Waals surface area contributed by atoms with Crippen LogP contribution in [-0.2, 0) is 19.6 Å². The van der Waals surface area contributed by atoms with Crippen LogP contribution in [0, 0.1) is 0 Å². The highest BCUT2D eigenvalue weighted by molar-refractivity contribution is 7.89. The molecule has 8 nitrogen and oxygen atoms in total. The number of aliphatic carboxylic acids is 2. The number of aromatic nitrogens is 1. The second-order valence-corrected chi connectivity index (χ2v) is 5.35. The topological polar surface area (TPSA) is 134 Å². The average Bonchev–Trinajstić information content (AvgIpc) is 2.35. The zero-order valence-corrected chi connectivity index (χ0v) is 10.5. The number of hydrogen-bond acceptors (Lipinski definition) is 5. The molecule has 0 aliphatic heterocycles. The van der Waals surface area contributed by atoms with E-state index in [1.807, 2.05) is 4.72 Å². The van der Waals surface area contributed by atoms with Crippen LogP contribution in [0.15, 0.2) is 29.4 Å². The molecule has 1 rings (SSSR count). The third-order valence-electron chi connectivity index (χ3n) is 2.19. The molecule has 104 valence electrons. The number of sulfonamides is 1. The molecule has 3 N–H and O–H groups in total. The lowest BCUT2D eigenvalue weighted by Crippen LogP contribution is -2.41. The van der Waals surface area contributed by atoms with E-state index in [-0.39, 0.29) is 11.3 Å². The van der Waals surface area contributed by atoms with Crippen LogP contribution in [0.1, 0.15) is 12.8 Å². The van der Waals surface area contributed by atoms with Crippen LogP contribution in [-0.4, -0.2) is 41.6 Å². The Kier molecular flexibility index (Phi) is 4.95. The molecule has 0 spiro atoms. The second-order valence-electron chi connectivity index (χ2n) is 3.63. The molecular formula is C10H12N2O6S. The van der Waals surface area contributed by atoms with Crippen molar-refractivity contribution in [2.24, 2.45) is 0 Å². The first-order valence-corrected chi connectivity index (χ1v) is 6.68. The number of nitrogens with one attached hydrogen (secondary N) is 1. The van der Waals surface area contributed by atoms with Gasteiger partial charge >= 0.3 is 11.9 Å². The van der Waals surface area contributed by atoms with Crippen LogP contribution in [0.3, 0.4) is 0 Å². The van der Waals surface area contributed by atoms with E-state index in [0.717, 1.165) is 6.20 Å². The maximum atomic E-state index is 11.8. The van der Waals surface area contributed by atoms with E-state index in [1.165, 1.54) is 18.3 Å². The molecule has 1 aromatic rings. The smallest absolute Gasteiger partial charge is 0.321 e. The highest BCUT2D eigenvalue weighted by Crippen LogP contribution is 2.08. The number of rotatable bonds is 7. The first-order valence-electron chi connectivity index (χ1n) is 5.20. The summed E-state index contributed by atoms with van der Waals surface area (Å²) in [7, 11) is -4.04. The van der Waals surface area contributed by atoms with E-state index < -0.39 is 34.4 Å². The second kappa shape index (κ2) is 6.25. The van der Waals surface area contributed by atoms with Crippen molar-refractivity contribution in [1.29, 1.82) is 0 Å². The van der Waals surface area contributed by atoms with Crippen molar-refractivity contribution in [3.05, 3.63) is 24.5 Å². The van der Waals surface area contributed by atoms with Gasteiger partial charge in [0, 0.05) is 18.8 Å². The maximum Gasteiger partial charge on any atom is 0.321 e. The van der Waals surface area contributed by atoms with Gasteiger partial charge in [-0.15, -0.1) is 0 Å². The molecular weight excluding hydrogens is 276 g/mol. The summed E-state index contributed by atoms with van der Waals surface area (Å²) >= 11 is 0. The van der Waals surface area contributed by atoms with Gasteiger partial charge in [-0.1, -0.05) is 0 Å². The van der Waals surface area contributed by atoms with Gasteiger partial charge in [0.25, 0.3) is 0 Å². The fourth-order valence-electron chi connectivity index (χ4n) is 1.26. The molecule has 0 aromatic carbocycles. The van der Waals surface area contributed by atoms with Gasteiger partial charge in [0.2, 0.25) is 10.0 Å². The fourth-order valence-corrected chi connectivity index (χ4v) is 2.45. The van der Waals surface area contributed by atoms with Crippen molar-refractivity contribution in [3.8, 4) is 0 Å². The molecule has 1 atom stereocenters. The molecule has 0 aliphatic rings. The molecule has 1 aromatic heterocycles. The van der Waals surface area contributed by atoms with Crippen LogP contribution in [0.4, 0.5) is 0 Å². The minimum atomic E-state index is -4.04. The summed E-state index contributed by atoms with van der Waals surface area (Å²) in [6.45, 7) is 0. The molecule has 0 bridgehead atoms. The number of hydrogen-bond donors (Lipinski definition) is 3. The van der Waals surface area contributed by atoms with Crippen molar-refractivity contribution >= 4 is 22.0 Å². The van der Waals surface area contributed by atoms with E-state index >= 15 is 0 Å². The highest BCUT2D eigenvalue weighted by atomic mass is 32.2. The maximum absolute atomic E-state index is 11.8. The Morgan fingerprint density at radius 2 is 2.05 bits per heavy atom. The van der Waals surface area contributed by atoms with Crippen molar-refractivity contribution in [2.75, 3.05) is 0 Å². The van der Waals surface area contributed by atoms with Crippen molar-refractivity contribution in [1.82, 2.24) is 9.71 Å². The summed E-state index contributed by atoms with van der Waals surface area (Å²) in [5, 5.41) is 17.3. The number of pyridine rings is 1. The van der Waals surface area contributed by atoms with Crippen LogP contribution in [0.2, 0.25) is 0 Å². The summed E-state index contributed by atoms with van der Waals surface area (Å²) in [6, 6.07) is 1.15. The normalized spacial score (nSPS) is 12.8. The number of carbonyl (C=O) groups is 2. The molecule has 19 heavy (non-hydrogen) atoms. The highest BCUT2D eigenvalue weighted by Gasteiger charge is 2.25. The van der Waals surface area contributed by atoms with E-state index in [9.17, 15) is 18.0 Å². The first-order chi connectivity index (χ1) is 8.83. The van der Waals surface area contributed by atoms with Gasteiger partial charge in [0.15, 0.2) is 0 Å². The van der Waals surface area contributed by atoms with Gasteiger partial charge in [-0.25, -0.2) is 8.42 Å². The predicted octanol–water partition coefficient (Wildman–Crippen LogP) is -0.322. The lowest BCUT2D eigenvalue weighted by molar-refractivity contribution is -0.140. The van der Waals surface area contributed by atoms with Gasteiger partial charge in [0.1, 0.15) is 10.9 Å². The lowest BCUT2D eigenvalue weighted by Gasteiger charge is -2.13. The molecule has 0 saturated heterocycles. The quantitative estimate of drug-likeness (QED) is 0.625. The SMILES string of the molecule is O=C(O)CC[C@H](NS(=O)(=O)c1cccnc1)C(=O)O. The van der Waals surface area contributed by atoms with Crippen LogP contribution < -0.4 is 4.72 Å². The summed E-state index contributed by atoms with van der Waals surface area (Å²) in [6.07, 6.45) is 1.65. The Balaban J connectivity index is 2.84. The molecule has 1 heterocycles. The summed E-state index contributed by atoms with van der Waals surface area (Å²) in [5.74, 6) is -2.64. The van der Waals surface area contributed by atoms with E-state index in [0.29, 0.717) is 0 Å². The van der Waals surface area contributed by atoms with Crippen LogP contribution in [0.25, 0.3) is 0 Å². The number of carboxylic acid groups (broad SMARTS) is 2. The van der Waals surface area contributed by atoms with Crippen molar-refractivity contribution in [3.63, 3.8) is 0 Å². The van der Waals surface area contributed by atoms with Crippen molar-refractivity contribution in [2.45, 2.75) is 23.8 Å². The molecule has 9 heteroatoms. The molecule has 0 unspecified atom stereocenters. The van der Waals surface area contributed by atoms with Crippen LogP contribution in [0.5, 0.6) is 0 Å². The summed E-state index contributed by atoms with van der Waals surface area (Å²) < 4.78 is 25.6. The average molecular weight is 288 g/mol. The minimum Gasteiger partial charge on any atom is -0.481 e. The van der Waals surface area contributed by atoms with E-state index in [1.54, 1.807) is 0 Å². The van der Waals surface area contributed by atoms with Gasteiger partial charge in [-0.2, -0.15) is 4.72 Å². The standard InChI is InChI=1S/C10H12N2O6S/c13-9(14)4-3-8(10(15)16)12-19(17,18)7-2-1-5-11-6-7/h1-2,5-6,8,12H,3-4H2,(H,13,14)(H,15,16)/t8-/m0/s1. The Morgan fingerprint density at radius 3 is 2.53 bits per heavy atom. The molecule has 0 saturated carbocycles. The lowest BCUT2D eigenvalue weighted by atomic mass is 10.2. The largest absolute Gasteiger partial charge is 0.481 e. The summed E-state index contributed by atoms with van der Waals surface area (Å²) in [5.41, 5.74) is 0. The predicted molar refractivity (Wildman–Crippen MR) is 62.9 cm³/mol. The molecule has 0 aliphatic carbocycles. The minimum absolute atomic E-state index is 0.184. The van der Waals surface area contributed by atoms with Crippen LogP contribution >= 0.6 is 0 Å². The molecule has 0 amide bonds. The van der Waals surface area contributed by atoms with Gasteiger partial charge in [-0.3, -0.25) is 14.6 Å². The Morgan fingerprint density at radius 1 is 1.37 bits per heavy atom. The Labute approximate surface area is 109 Å². The Bertz CT molecular complexity index is 557. The Hall–Kier alpha value is -2.00.